The van der Waals surface area contributed by atoms with Gasteiger partial charge in [-0.05, 0) is 24.6 Å². The number of nitrogen functional groups attached to an aromatic ring is 1. The Morgan fingerprint density at radius 3 is 2.44 bits per heavy atom. The Labute approximate surface area is 112 Å². The van der Waals surface area contributed by atoms with Gasteiger partial charge in [-0.15, -0.1) is 0 Å². The summed E-state index contributed by atoms with van der Waals surface area (Å²) in [4.78, 5) is 2.05. The zero-order valence-corrected chi connectivity index (χ0v) is 11.5. The van der Waals surface area contributed by atoms with Crippen molar-refractivity contribution in [2.75, 3.05) is 17.7 Å². The molecule has 1 atom stereocenters. The standard InChI is InChI=1S/C13H17ClN4/c1-9(10-4-6-11(14)7-5-10)18(3)13-12(15)8-17(2)16-13/h4-9H,15H2,1-3H3. The first kappa shape index (κ1) is 12.8. The minimum absolute atomic E-state index is 0.180. The zero-order chi connectivity index (χ0) is 13.3. The number of nitrogens with zero attached hydrogens (tertiary/aromatic N) is 3. The van der Waals surface area contributed by atoms with Gasteiger partial charge in [-0.1, -0.05) is 23.7 Å². The van der Waals surface area contributed by atoms with E-state index in [9.17, 15) is 0 Å². The van der Waals surface area contributed by atoms with E-state index in [4.69, 9.17) is 17.3 Å². The maximum absolute atomic E-state index is 5.94. The second-order valence-corrected chi connectivity index (χ2v) is 4.86. The normalized spacial score (nSPS) is 12.4. The number of benzene rings is 1. The minimum Gasteiger partial charge on any atom is -0.394 e. The molecule has 1 unspecified atom stereocenters. The van der Waals surface area contributed by atoms with Crippen LogP contribution in [0.2, 0.25) is 5.02 Å². The van der Waals surface area contributed by atoms with Gasteiger partial charge in [0.15, 0.2) is 5.82 Å². The van der Waals surface area contributed by atoms with Gasteiger partial charge in [-0.3, -0.25) is 4.68 Å². The number of aromatic nitrogens is 2. The van der Waals surface area contributed by atoms with Crippen LogP contribution in [0.25, 0.3) is 0 Å². The molecule has 18 heavy (non-hydrogen) atoms. The predicted molar refractivity (Wildman–Crippen MR) is 75.9 cm³/mol. The number of anilines is 2. The third-order valence-electron chi connectivity index (χ3n) is 3.10. The van der Waals surface area contributed by atoms with Gasteiger partial charge < -0.3 is 10.6 Å². The number of hydrogen-bond acceptors (Lipinski definition) is 3. The second kappa shape index (κ2) is 4.90. The lowest BCUT2D eigenvalue weighted by Gasteiger charge is -2.25. The van der Waals surface area contributed by atoms with Crippen LogP contribution in [0.5, 0.6) is 0 Å². The molecular formula is C13H17ClN4. The van der Waals surface area contributed by atoms with Gasteiger partial charge in [0.2, 0.25) is 0 Å². The molecule has 1 heterocycles. The fourth-order valence-corrected chi connectivity index (χ4v) is 2.04. The van der Waals surface area contributed by atoms with E-state index in [2.05, 4.69) is 16.9 Å². The van der Waals surface area contributed by atoms with Crippen molar-refractivity contribution in [1.29, 1.82) is 0 Å². The smallest absolute Gasteiger partial charge is 0.174 e. The van der Waals surface area contributed by atoms with Gasteiger partial charge >= 0.3 is 0 Å². The summed E-state index contributed by atoms with van der Waals surface area (Å²) in [5, 5.41) is 5.11. The Bertz CT molecular complexity index is 532. The van der Waals surface area contributed by atoms with Crippen LogP contribution in [0.1, 0.15) is 18.5 Å². The summed E-state index contributed by atoms with van der Waals surface area (Å²) < 4.78 is 1.72. The molecule has 2 N–H and O–H groups in total. The maximum atomic E-state index is 5.94. The molecule has 0 radical (unpaired) electrons. The lowest BCUT2D eigenvalue weighted by atomic mass is 10.1. The summed E-state index contributed by atoms with van der Waals surface area (Å²) in [5.74, 6) is 0.792. The fraction of sp³-hybridized carbons (Fsp3) is 0.308. The van der Waals surface area contributed by atoms with Crippen molar-refractivity contribution in [3.05, 3.63) is 41.0 Å². The van der Waals surface area contributed by atoms with E-state index >= 15 is 0 Å². The molecule has 0 amide bonds. The van der Waals surface area contributed by atoms with Gasteiger partial charge in [-0.25, -0.2) is 0 Å². The van der Waals surface area contributed by atoms with E-state index in [1.165, 1.54) is 5.56 Å². The highest BCUT2D eigenvalue weighted by atomic mass is 35.5. The molecule has 0 saturated carbocycles. The zero-order valence-electron chi connectivity index (χ0n) is 10.8. The molecule has 0 spiro atoms. The first-order valence-corrected chi connectivity index (χ1v) is 6.14. The Morgan fingerprint density at radius 1 is 1.33 bits per heavy atom. The first-order chi connectivity index (χ1) is 8.49. The van der Waals surface area contributed by atoms with E-state index in [1.807, 2.05) is 38.4 Å². The average molecular weight is 265 g/mol. The average Bonchev–Trinajstić information content (AvgIpc) is 2.67. The van der Waals surface area contributed by atoms with Crippen molar-refractivity contribution in [2.45, 2.75) is 13.0 Å². The lowest BCUT2D eigenvalue weighted by Crippen LogP contribution is -2.23. The van der Waals surface area contributed by atoms with E-state index < -0.39 is 0 Å². The van der Waals surface area contributed by atoms with Crippen LogP contribution in [-0.4, -0.2) is 16.8 Å². The van der Waals surface area contributed by atoms with Crippen LogP contribution in [0.15, 0.2) is 30.5 Å². The summed E-state index contributed by atoms with van der Waals surface area (Å²) in [7, 11) is 3.85. The van der Waals surface area contributed by atoms with Crippen molar-refractivity contribution in [1.82, 2.24) is 9.78 Å². The predicted octanol–water partition coefficient (Wildman–Crippen LogP) is 2.85. The van der Waals surface area contributed by atoms with Gasteiger partial charge in [0.25, 0.3) is 0 Å². The number of halogens is 1. The quantitative estimate of drug-likeness (QED) is 0.927. The summed E-state index contributed by atoms with van der Waals surface area (Å²) in [6.07, 6.45) is 1.81. The molecule has 0 aliphatic rings. The molecule has 2 aromatic rings. The van der Waals surface area contributed by atoms with E-state index in [0.29, 0.717) is 5.69 Å². The molecule has 1 aromatic carbocycles. The molecule has 0 aliphatic heterocycles. The van der Waals surface area contributed by atoms with Crippen molar-refractivity contribution >= 4 is 23.1 Å². The number of hydrogen-bond donors (Lipinski definition) is 1. The third kappa shape index (κ3) is 2.43. The highest BCUT2D eigenvalue weighted by molar-refractivity contribution is 6.30. The Hall–Kier alpha value is -1.68. The molecule has 2 rings (SSSR count). The van der Waals surface area contributed by atoms with Crippen LogP contribution in [-0.2, 0) is 7.05 Å². The molecule has 0 aliphatic carbocycles. The van der Waals surface area contributed by atoms with Crippen molar-refractivity contribution < 1.29 is 0 Å². The van der Waals surface area contributed by atoms with Crippen molar-refractivity contribution in [3.8, 4) is 0 Å². The Balaban J connectivity index is 2.25. The lowest BCUT2D eigenvalue weighted by molar-refractivity contribution is 0.700. The largest absolute Gasteiger partial charge is 0.394 e. The Kier molecular flexibility index (Phi) is 3.48. The van der Waals surface area contributed by atoms with Crippen LogP contribution in [0.4, 0.5) is 11.5 Å². The van der Waals surface area contributed by atoms with Crippen molar-refractivity contribution in [2.24, 2.45) is 7.05 Å². The summed E-state index contributed by atoms with van der Waals surface area (Å²) in [6, 6.07) is 8.00. The first-order valence-electron chi connectivity index (χ1n) is 5.76. The molecule has 0 bridgehead atoms. The van der Waals surface area contributed by atoms with Crippen LogP contribution < -0.4 is 10.6 Å². The van der Waals surface area contributed by atoms with E-state index in [0.717, 1.165) is 10.8 Å². The molecule has 5 heteroatoms. The summed E-state index contributed by atoms with van der Waals surface area (Å²) in [5.41, 5.74) is 7.79. The van der Waals surface area contributed by atoms with Crippen LogP contribution in [0.3, 0.4) is 0 Å². The fourth-order valence-electron chi connectivity index (χ4n) is 1.92. The maximum Gasteiger partial charge on any atom is 0.174 e. The molecule has 1 aromatic heterocycles. The summed E-state index contributed by atoms with van der Waals surface area (Å²) in [6.45, 7) is 2.11. The SMILES string of the molecule is CC(c1ccc(Cl)cc1)N(C)c1nn(C)cc1N. The topological polar surface area (TPSA) is 47.1 Å². The molecule has 0 saturated heterocycles. The number of rotatable bonds is 3. The highest BCUT2D eigenvalue weighted by Crippen LogP contribution is 2.28. The van der Waals surface area contributed by atoms with Crippen molar-refractivity contribution in [3.63, 3.8) is 0 Å². The molecular weight excluding hydrogens is 248 g/mol. The Morgan fingerprint density at radius 2 is 1.94 bits per heavy atom. The van der Waals surface area contributed by atoms with Gasteiger partial charge in [0, 0.05) is 25.3 Å². The monoisotopic (exact) mass is 264 g/mol. The molecule has 96 valence electrons. The highest BCUT2D eigenvalue weighted by Gasteiger charge is 2.17. The van der Waals surface area contributed by atoms with Crippen LogP contribution in [0, 0.1) is 0 Å². The molecule has 4 nitrogen and oxygen atoms in total. The second-order valence-electron chi connectivity index (χ2n) is 4.42. The van der Waals surface area contributed by atoms with Gasteiger partial charge in [0.1, 0.15) is 0 Å². The summed E-state index contributed by atoms with van der Waals surface area (Å²) >= 11 is 5.89. The van der Waals surface area contributed by atoms with Gasteiger partial charge in [-0.2, -0.15) is 5.10 Å². The number of nitrogens with two attached hydrogens (primary N) is 1. The number of aryl methyl sites for hydroxylation is 1. The minimum atomic E-state index is 0.180. The van der Waals surface area contributed by atoms with E-state index in [-0.39, 0.29) is 6.04 Å². The third-order valence-corrected chi connectivity index (χ3v) is 3.36. The van der Waals surface area contributed by atoms with E-state index in [1.54, 1.807) is 10.9 Å². The van der Waals surface area contributed by atoms with Crippen LogP contribution >= 0.6 is 11.6 Å². The molecule has 0 fully saturated rings. The van der Waals surface area contributed by atoms with Gasteiger partial charge in [0.05, 0.1) is 11.7 Å².